The van der Waals surface area contributed by atoms with Crippen LogP contribution < -0.4 is 25.4 Å². The van der Waals surface area contributed by atoms with Crippen LogP contribution in [0.1, 0.15) is 20.7 Å². The number of carboxylic acid groups (broad SMARTS) is 1. The van der Waals surface area contributed by atoms with Gasteiger partial charge in [-0.3, -0.25) is 4.79 Å². The molecule has 8 nitrogen and oxygen atoms in total. The smallest absolute Gasteiger partial charge is 0.335 e. The average Bonchev–Trinajstić information content (AvgIpc) is 2.72. The van der Waals surface area contributed by atoms with E-state index in [0.717, 1.165) is 0 Å². The van der Waals surface area contributed by atoms with Crippen LogP contribution in [0, 0.1) is 0 Å². The Morgan fingerprint density at radius 3 is 2.06 bits per heavy atom. The second-order valence-electron chi connectivity index (χ2n) is 6.00. The summed E-state index contributed by atoms with van der Waals surface area (Å²) in [6.07, 6.45) is -1.20. The number of ether oxygens (including phenoxy) is 2. The van der Waals surface area contributed by atoms with E-state index in [1.165, 1.54) is 50.6 Å². The zero-order valence-electron chi connectivity index (χ0n) is 16.2. The number of hydrogen-bond acceptors (Lipinski definition) is 5. The van der Waals surface area contributed by atoms with Crippen LogP contribution in [0.25, 0.3) is 0 Å². The fourth-order valence-corrected chi connectivity index (χ4v) is 2.95. The van der Waals surface area contributed by atoms with Crippen LogP contribution >= 0.6 is 47.0 Å². The van der Waals surface area contributed by atoms with Crippen LogP contribution in [0.3, 0.4) is 0 Å². The van der Waals surface area contributed by atoms with E-state index >= 15 is 0 Å². The molecule has 0 heterocycles. The number of amides is 1. The molecule has 0 spiro atoms. The molecular weight excluding hydrogens is 489 g/mol. The second-order valence-corrected chi connectivity index (χ2v) is 8.78. The number of halogens is 3. The van der Waals surface area contributed by atoms with E-state index in [9.17, 15) is 9.59 Å². The summed E-state index contributed by atoms with van der Waals surface area (Å²) < 4.78 is 8.38. The quantitative estimate of drug-likeness (QED) is 0.255. The fourth-order valence-electron chi connectivity index (χ4n) is 2.39. The van der Waals surface area contributed by atoms with Gasteiger partial charge in [-0.2, -0.15) is 0 Å². The van der Waals surface area contributed by atoms with Gasteiger partial charge >= 0.3 is 5.97 Å². The molecule has 1 amide bonds. The number of carboxylic acids is 1. The van der Waals surface area contributed by atoms with Crippen LogP contribution in [0.2, 0.25) is 0 Å². The molecule has 0 saturated carbocycles. The van der Waals surface area contributed by atoms with E-state index in [2.05, 4.69) is 16.0 Å². The minimum atomic E-state index is -1.95. The van der Waals surface area contributed by atoms with Crippen LogP contribution in [-0.2, 0) is 0 Å². The first kappa shape index (κ1) is 24.8. The van der Waals surface area contributed by atoms with Crippen molar-refractivity contribution in [1.29, 1.82) is 0 Å². The third-order valence-corrected chi connectivity index (χ3v) is 4.79. The number of carbonyl (C=O) groups is 2. The predicted molar refractivity (Wildman–Crippen MR) is 124 cm³/mol. The number of aromatic carboxylic acids is 1. The molecule has 31 heavy (non-hydrogen) atoms. The van der Waals surface area contributed by atoms with Gasteiger partial charge in [-0.1, -0.05) is 34.8 Å². The monoisotopic (exact) mass is 505 g/mol. The summed E-state index contributed by atoms with van der Waals surface area (Å²) in [6.45, 7) is 0. The third-order valence-electron chi connectivity index (χ3n) is 3.91. The molecule has 0 aliphatic carbocycles. The first-order valence-corrected chi connectivity index (χ1v) is 10.1. The zero-order chi connectivity index (χ0) is 23.2. The fraction of sp³-hybridized carbons (Fsp3) is 0.211. The van der Waals surface area contributed by atoms with Crippen molar-refractivity contribution in [3.05, 3.63) is 53.6 Å². The van der Waals surface area contributed by atoms with Crippen molar-refractivity contribution in [1.82, 2.24) is 10.6 Å². The Hall–Kier alpha value is -2.46. The molecule has 4 N–H and O–H groups in total. The van der Waals surface area contributed by atoms with E-state index in [1.54, 1.807) is 6.07 Å². The van der Waals surface area contributed by atoms with Gasteiger partial charge in [0.1, 0.15) is 6.17 Å². The molecule has 0 radical (unpaired) electrons. The van der Waals surface area contributed by atoms with Gasteiger partial charge in [0.15, 0.2) is 16.6 Å². The summed E-state index contributed by atoms with van der Waals surface area (Å²) in [5.74, 6) is -0.801. The van der Waals surface area contributed by atoms with E-state index < -0.39 is 21.8 Å². The summed E-state index contributed by atoms with van der Waals surface area (Å²) in [5, 5.41) is 17.1. The molecule has 0 bridgehead atoms. The molecule has 2 rings (SSSR count). The number of hydrogen-bond donors (Lipinski definition) is 4. The van der Waals surface area contributed by atoms with Crippen molar-refractivity contribution < 1.29 is 24.2 Å². The Labute approximate surface area is 198 Å². The van der Waals surface area contributed by atoms with Gasteiger partial charge in [-0.05, 0) is 54.7 Å². The van der Waals surface area contributed by atoms with Crippen molar-refractivity contribution in [2.45, 2.75) is 9.96 Å². The normalized spacial score (nSPS) is 11.8. The van der Waals surface area contributed by atoms with E-state index in [0.29, 0.717) is 17.2 Å². The lowest BCUT2D eigenvalue weighted by Crippen LogP contribution is -2.56. The average molecular weight is 507 g/mol. The highest BCUT2D eigenvalue weighted by Gasteiger charge is 2.35. The Kier molecular flexibility index (Phi) is 8.58. The Balaban J connectivity index is 2.10. The summed E-state index contributed by atoms with van der Waals surface area (Å²) >= 11 is 23.2. The first-order chi connectivity index (χ1) is 14.5. The van der Waals surface area contributed by atoms with Gasteiger partial charge in [0, 0.05) is 11.3 Å². The van der Waals surface area contributed by atoms with E-state index in [1.807, 2.05) is 0 Å². The molecule has 12 heteroatoms. The maximum Gasteiger partial charge on any atom is 0.335 e. The van der Waals surface area contributed by atoms with Gasteiger partial charge in [0.05, 0.1) is 19.8 Å². The van der Waals surface area contributed by atoms with Crippen molar-refractivity contribution >= 4 is 69.7 Å². The molecule has 0 aliphatic rings. The SMILES string of the molecule is COc1ccc(C(=O)NC(NC(=S)Nc2ccc(C(=O)O)cc2)C(Cl)(Cl)Cl)cc1OC. The lowest BCUT2D eigenvalue weighted by molar-refractivity contribution is 0.0696. The van der Waals surface area contributed by atoms with Crippen LogP contribution in [-0.4, -0.2) is 46.3 Å². The van der Waals surface area contributed by atoms with Crippen molar-refractivity contribution in [2.75, 3.05) is 19.5 Å². The highest BCUT2D eigenvalue weighted by Crippen LogP contribution is 2.30. The molecule has 1 unspecified atom stereocenters. The topological polar surface area (TPSA) is 109 Å². The van der Waals surface area contributed by atoms with E-state index in [4.69, 9.17) is 61.6 Å². The van der Waals surface area contributed by atoms with Crippen molar-refractivity contribution in [3.8, 4) is 11.5 Å². The number of thiocarbonyl (C=S) groups is 1. The summed E-state index contributed by atoms with van der Waals surface area (Å²) in [5.41, 5.74) is 0.851. The largest absolute Gasteiger partial charge is 0.493 e. The third kappa shape index (κ3) is 7.03. The van der Waals surface area contributed by atoms with Gasteiger partial charge < -0.3 is 30.5 Å². The summed E-state index contributed by atoms with van der Waals surface area (Å²) in [4.78, 5) is 23.6. The summed E-state index contributed by atoms with van der Waals surface area (Å²) in [6, 6.07) is 10.4. The molecular formula is C19H18Cl3N3O5S. The first-order valence-electron chi connectivity index (χ1n) is 8.55. The number of methoxy groups -OCH3 is 2. The molecule has 166 valence electrons. The number of alkyl halides is 3. The molecule has 0 aromatic heterocycles. The molecule has 2 aromatic carbocycles. The molecule has 0 saturated heterocycles. The maximum atomic E-state index is 12.7. The minimum Gasteiger partial charge on any atom is -0.493 e. The van der Waals surface area contributed by atoms with Crippen LogP contribution in [0.5, 0.6) is 11.5 Å². The standard InChI is InChI=1S/C19H18Cl3N3O5S/c1-29-13-8-5-11(9-14(13)30-2)15(26)24-17(19(20,21)22)25-18(31)23-12-6-3-10(4-7-12)16(27)28/h3-9,17H,1-2H3,(H,24,26)(H,27,28)(H2,23,25,31). The molecule has 2 aromatic rings. The number of nitrogens with one attached hydrogen (secondary N) is 3. The number of benzene rings is 2. The zero-order valence-corrected chi connectivity index (χ0v) is 19.3. The minimum absolute atomic E-state index is 0.0343. The Morgan fingerprint density at radius 1 is 0.968 bits per heavy atom. The van der Waals surface area contributed by atoms with Crippen molar-refractivity contribution in [2.24, 2.45) is 0 Å². The molecule has 1 atom stereocenters. The highest BCUT2D eigenvalue weighted by molar-refractivity contribution is 7.80. The lowest BCUT2D eigenvalue weighted by Gasteiger charge is -2.28. The summed E-state index contributed by atoms with van der Waals surface area (Å²) in [7, 11) is 2.92. The van der Waals surface area contributed by atoms with Gasteiger partial charge in [0.2, 0.25) is 3.79 Å². The Bertz CT molecular complexity index is 967. The lowest BCUT2D eigenvalue weighted by atomic mass is 10.2. The van der Waals surface area contributed by atoms with Crippen LogP contribution in [0.4, 0.5) is 5.69 Å². The van der Waals surface area contributed by atoms with E-state index in [-0.39, 0.29) is 16.2 Å². The van der Waals surface area contributed by atoms with Crippen molar-refractivity contribution in [3.63, 3.8) is 0 Å². The second kappa shape index (κ2) is 10.7. The van der Waals surface area contributed by atoms with Gasteiger partial charge in [-0.25, -0.2) is 4.79 Å². The predicted octanol–water partition coefficient (Wildman–Crippen LogP) is 3.81. The van der Waals surface area contributed by atoms with Crippen LogP contribution in [0.15, 0.2) is 42.5 Å². The number of anilines is 1. The molecule has 0 aliphatic heterocycles. The van der Waals surface area contributed by atoms with Gasteiger partial charge in [-0.15, -0.1) is 0 Å². The molecule has 0 fully saturated rings. The number of rotatable bonds is 7. The number of carbonyl (C=O) groups excluding carboxylic acids is 1. The highest BCUT2D eigenvalue weighted by atomic mass is 35.6. The van der Waals surface area contributed by atoms with Gasteiger partial charge in [0.25, 0.3) is 5.91 Å². The Morgan fingerprint density at radius 2 is 1.55 bits per heavy atom. The maximum absolute atomic E-state index is 12.7.